The Kier molecular flexibility index (Phi) is 4.25. The van der Waals surface area contributed by atoms with Crippen molar-refractivity contribution in [3.8, 4) is 0 Å². The second-order valence-corrected chi connectivity index (χ2v) is 3.25. The van der Waals surface area contributed by atoms with Crippen LogP contribution in [-0.2, 0) is 9.53 Å². The van der Waals surface area contributed by atoms with Gasteiger partial charge < -0.3 is 10.1 Å². The van der Waals surface area contributed by atoms with Gasteiger partial charge in [-0.05, 0) is 19.3 Å². The molecule has 1 rings (SSSR count). The lowest BCUT2D eigenvalue weighted by Gasteiger charge is -2.02. The van der Waals surface area contributed by atoms with Gasteiger partial charge in [0.15, 0.2) is 5.78 Å². The molecule has 3 nitrogen and oxygen atoms in total. The summed E-state index contributed by atoms with van der Waals surface area (Å²) in [6, 6.07) is 0.611. The van der Waals surface area contributed by atoms with Crippen molar-refractivity contribution in [2.75, 3.05) is 19.8 Å². The molecule has 12 heavy (non-hydrogen) atoms. The summed E-state index contributed by atoms with van der Waals surface area (Å²) in [5, 5.41) is 3.15. The summed E-state index contributed by atoms with van der Waals surface area (Å²) >= 11 is 0. The van der Waals surface area contributed by atoms with Crippen LogP contribution in [0.1, 0.15) is 26.2 Å². The van der Waals surface area contributed by atoms with Gasteiger partial charge >= 0.3 is 0 Å². The Balaban J connectivity index is 1.88. The van der Waals surface area contributed by atoms with Gasteiger partial charge in [-0.1, -0.05) is 6.92 Å². The number of ether oxygens (including phenoxy) is 1. The van der Waals surface area contributed by atoms with Crippen LogP contribution in [-0.4, -0.2) is 31.6 Å². The maximum absolute atomic E-state index is 11.1. The zero-order valence-corrected chi connectivity index (χ0v) is 7.64. The molecule has 1 N–H and O–H groups in total. The summed E-state index contributed by atoms with van der Waals surface area (Å²) in [6.45, 7) is 3.48. The van der Waals surface area contributed by atoms with Crippen molar-refractivity contribution in [1.29, 1.82) is 0 Å². The fourth-order valence-electron chi connectivity index (χ4n) is 0.927. The first kappa shape index (κ1) is 9.68. The fraction of sp³-hybridized carbons (Fsp3) is 0.889. The normalized spacial score (nSPS) is 16.4. The molecule has 0 atom stereocenters. The molecule has 0 amide bonds. The van der Waals surface area contributed by atoms with Crippen molar-refractivity contribution in [3.63, 3.8) is 0 Å². The number of nitrogens with one attached hydrogen (secondary N) is 1. The first-order chi connectivity index (χ1) is 5.83. The molecule has 0 aromatic heterocycles. The van der Waals surface area contributed by atoms with Gasteiger partial charge in [0.1, 0.15) is 6.61 Å². The number of Topliss-reactive ketones (excluding diaryl/α,β-unsaturated/α-hetero) is 1. The van der Waals surface area contributed by atoms with Crippen LogP contribution >= 0.6 is 0 Å². The Labute approximate surface area is 73.5 Å². The van der Waals surface area contributed by atoms with Crippen LogP contribution < -0.4 is 5.32 Å². The quantitative estimate of drug-likeness (QED) is 0.574. The zero-order valence-electron chi connectivity index (χ0n) is 7.64. The van der Waals surface area contributed by atoms with E-state index in [4.69, 9.17) is 4.74 Å². The Bertz CT molecular complexity index is 143. The lowest BCUT2D eigenvalue weighted by Crippen LogP contribution is -2.27. The lowest BCUT2D eigenvalue weighted by atomic mass is 10.4. The molecule has 1 aliphatic rings. The number of hydrogen-bond acceptors (Lipinski definition) is 3. The maximum atomic E-state index is 11.1. The highest BCUT2D eigenvalue weighted by Crippen LogP contribution is 2.17. The molecule has 0 bridgehead atoms. The van der Waals surface area contributed by atoms with Gasteiger partial charge in [0.2, 0.25) is 0 Å². The average Bonchev–Trinajstić information content (AvgIpc) is 2.84. The highest BCUT2D eigenvalue weighted by molar-refractivity contribution is 5.81. The highest BCUT2D eigenvalue weighted by Gasteiger charge is 2.20. The average molecular weight is 171 g/mol. The van der Waals surface area contributed by atoms with Gasteiger partial charge in [0, 0.05) is 12.6 Å². The molecule has 1 saturated carbocycles. The molecule has 0 heterocycles. The molecule has 1 aliphatic carbocycles. The molecule has 0 spiro atoms. The Morgan fingerprint density at radius 3 is 2.92 bits per heavy atom. The molecule has 1 fully saturated rings. The fourth-order valence-corrected chi connectivity index (χ4v) is 0.927. The van der Waals surface area contributed by atoms with Gasteiger partial charge in [-0.25, -0.2) is 0 Å². The molecular weight excluding hydrogens is 154 g/mol. The summed E-state index contributed by atoms with van der Waals surface area (Å²) in [5.74, 6) is 0.162. The first-order valence-corrected chi connectivity index (χ1v) is 4.65. The number of hydrogen-bond donors (Lipinski definition) is 1. The second kappa shape index (κ2) is 5.27. The first-order valence-electron chi connectivity index (χ1n) is 4.65. The van der Waals surface area contributed by atoms with Gasteiger partial charge in [0.05, 0.1) is 6.54 Å². The van der Waals surface area contributed by atoms with E-state index in [9.17, 15) is 4.79 Å². The second-order valence-electron chi connectivity index (χ2n) is 3.25. The maximum Gasteiger partial charge on any atom is 0.172 e. The van der Waals surface area contributed by atoms with E-state index in [-0.39, 0.29) is 12.4 Å². The highest BCUT2D eigenvalue weighted by atomic mass is 16.5. The van der Waals surface area contributed by atoms with Crippen molar-refractivity contribution in [1.82, 2.24) is 5.32 Å². The van der Waals surface area contributed by atoms with Crippen LogP contribution in [0.5, 0.6) is 0 Å². The molecular formula is C9H17NO2. The van der Waals surface area contributed by atoms with Crippen molar-refractivity contribution in [2.45, 2.75) is 32.2 Å². The van der Waals surface area contributed by atoms with Crippen molar-refractivity contribution in [2.24, 2.45) is 0 Å². The molecule has 70 valence electrons. The van der Waals surface area contributed by atoms with E-state index in [1.807, 2.05) is 6.92 Å². The third-order valence-electron chi connectivity index (χ3n) is 1.78. The van der Waals surface area contributed by atoms with Crippen molar-refractivity contribution in [3.05, 3.63) is 0 Å². The van der Waals surface area contributed by atoms with E-state index in [0.717, 1.165) is 6.42 Å². The third-order valence-corrected chi connectivity index (χ3v) is 1.78. The van der Waals surface area contributed by atoms with E-state index in [0.29, 0.717) is 19.2 Å². The summed E-state index contributed by atoms with van der Waals surface area (Å²) in [5.41, 5.74) is 0. The van der Waals surface area contributed by atoms with Crippen LogP contribution in [0.3, 0.4) is 0 Å². The predicted octanol–water partition coefficient (Wildman–Crippen LogP) is 0.734. The van der Waals surface area contributed by atoms with Crippen LogP contribution in [0.25, 0.3) is 0 Å². The monoisotopic (exact) mass is 171 g/mol. The van der Waals surface area contributed by atoms with Gasteiger partial charge in [0.25, 0.3) is 0 Å². The standard InChI is InChI=1S/C9H17NO2/c1-2-5-12-7-9(11)6-10-8-3-4-8/h8,10H,2-7H2,1H3. The van der Waals surface area contributed by atoms with E-state index >= 15 is 0 Å². The zero-order chi connectivity index (χ0) is 8.81. The van der Waals surface area contributed by atoms with E-state index < -0.39 is 0 Å². The molecule has 0 saturated heterocycles. The summed E-state index contributed by atoms with van der Waals surface area (Å²) < 4.78 is 5.11. The molecule has 0 aliphatic heterocycles. The number of rotatable bonds is 7. The SMILES string of the molecule is CCCOCC(=O)CNC1CC1. The Hall–Kier alpha value is -0.410. The van der Waals surface area contributed by atoms with Crippen LogP contribution in [0.15, 0.2) is 0 Å². The Morgan fingerprint density at radius 2 is 2.33 bits per heavy atom. The summed E-state index contributed by atoms with van der Waals surface area (Å²) in [7, 11) is 0. The Morgan fingerprint density at radius 1 is 1.58 bits per heavy atom. The minimum atomic E-state index is 0.162. The van der Waals surface area contributed by atoms with Gasteiger partial charge in [-0.2, -0.15) is 0 Å². The lowest BCUT2D eigenvalue weighted by molar-refractivity contribution is -0.122. The van der Waals surface area contributed by atoms with Crippen LogP contribution in [0.4, 0.5) is 0 Å². The largest absolute Gasteiger partial charge is 0.374 e. The molecule has 0 unspecified atom stereocenters. The number of ketones is 1. The van der Waals surface area contributed by atoms with E-state index in [1.165, 1.54) is 12.8 Å². The minimum Gasteiger partial charge on any atom is -0.374 e. The number of carbonyl (C=O) groups excluding carboxylic acids is 1. The molecule has 0 aromatic carbocycles. The van der Waals surface area contributed by atoms with E-state index in [2.05, 4.69) is 5.32 Å². The van der Waals surface area contributed by atoms with Gasteiger partial charge in [-0.3, -0.25) is 4.79 Å². The number of carbonyl (C=O) groups is 1. The van der Waals surface area contributed by atoms with Crippen molar-refractivity contribution < 1.29 is 9.53 Å². The summed E-state index contributed by atoms with van der Waals surface area (Å²) in [6.07, 6.45) is 3.43. The summed E-state index contributed by atoms with van der Waals surface area (Å²) in [4.78, 5) is 11.1. The van der Waals surface area contributed by atoms with E-state index in [1.54, 1.807) is 0 Å². The van der Waals surface area contributed by atoms with Crippen LogP contribution in [0.2, 0.25) is 0 Å². The molecule has 3 heteroatoms. The molecule has 0 radical (unpaired) electrons. The van der Waals surface area contributed by atoms with Crippen LogP contribution in [0, 0.1) is 0 Å². The molecule has 0 aromatic rings. The topological polar surface area (TPSA) is 38.3 Å². The smallest absolute Gasteiger partial charge is 0.172 e. The predicted molar refractivity (Wildman–Crippen MR) is 47.1 cm³/mol. The third kappa shape index (κ3) is 4.46. The van der Waals surface area contributed by atoms with Gasteiger partial charge in [-0.15, -0.1) is 0 Å². The minimum absolute atomic E-state index is 0.162. The van der Waals surface area contributed by atoms with Crippen molar-refractivity contribution >= 4 is 5.78 Å².